The number of hydrogen-bond donors (Lipinski definition) is 25. The average Bonchev–Trinajstić information content (AvgIpc) is 0.779. The van der Waals surface area contributed by atoms with E-state index < -0.39 is 278 Å². The summed E-state index contributed by atoms with van der Waals surface area (Å²) < 4.78 is 0. The van der Waals surface area contributed by atoms with E-state index in [9.17, 15) is 58.5 Å². The summed E-state index contributed by atoms with van der Waals surface area (Å²) in [4.78, 5) is 280. The second-order valence-corrected chi connectivity index (χ2v) is 35.3. The molecule has 0 unspecified atom stereocenters. The first kappa shape index (κ1) is 113. The molecule has 0 radical (unpaired) electrons. The molecule has 5 aromatic rings. The van der Waals surface area contributed by atoms with Crippen molar-refractivity contribution in [2.45, 2.75) is 201 Å². The Morgan fingerprint density at radius 1 is 0.433 bits per heavy atom. The van der Waals surface area contributed by atoms with E-state index in [0.717, 1.165) is 33.5 Å². The van der Waals surface area contributed by atoms with Crippen molar-refractivity contribution in [1.82, 2.24) is 89.1 Å². The number of nitrogens with zero attached hydrogens (tertiary/aromatic N) is 3. The molecule has 0 bridgehead atoms. The fourth-order valence-corrected chi connectivity index (χ4v) is 16.4. The monoisotopic (exact) mass is 1980 g/mol. The highest BCUT2D eigenvalue weighted by molar-refractivity contribution is 8.00. The van der Waals surface area contributed by atoms with Gasteiger partial charge in [0.1, 0.15) is 90.3 Å². The van der Waals surface area contributed by atoms with E-state index in [1.165, 1.54) is 45.2 Å². The normalized spacial score (nSPS) is 22.8. The summed E-state index contributed by atoms with van der Waals surface area (Å²) in [5.74, 6) is -25.1. The molecule has 47 nitrogen and oxygen atoms in total. The van der Waals surface area contributed by atoms with Crippen LogP contribution in [-0.4, -0.2) is 297 Å². The third-order valence-electron chi connectivity index (χ3n) is 23.1. The van der Waals surface area contributed by atoms with Crippen LogP contribution in [0, 0.1) is 16.7 Å². The lowest BCUT2D eigenvalue weighted by molar-refractivity contribution is -0.149. The SMILES string of the molecule is CC(C)[C@@H]1NC(=O)[C@H](CO)NC(=O)[C@H](Cc2ccccc2)N(C)C(=O)[C@H](CCCNC(=N)N)NC(=O)[C@H](Cc2ccccc2)NC(=O)CSC[C@@H](C(=O)NCC(N)=O)NC(=O)[C@H](Cc2ccccc2)N(C)C(=O)[C@H](CC(N)=O)NC(=O)[C@@H]2Cc3ccccc3CN2C(=O)[C@H](CC(=O)O)NC(=O)[C@H](CCCNC(=N)N)NC(=O)[C@H](CCCCN)NC(=O)[C@H](Cc2ccc(O)cc2)NC(=O)[C@H](CC(N)=O)NC1=O. The standard InChI is InChI=1S/C93H127N25O22S/c1-51(2)77-88(137)110-64(43-72(95)121)83(132)109-63(39-55-31-33-58(120)34-32-55)82(131)107-59(28-16-17-35-94)79(128)106-60(29-18-36-102-92(98)99)80(129)111-66(45-76(125)126)91(140)118-47-57-27-15-14-26-56(57)42-71(118)87(136)112-65(44-73(96)122)90(139)117(4)70(41-54-24-12-7-13-25-54)86(135)114-68(78(127)104-46-74(97)123)49-141-50-75(124)105-62(38-52-20-8-5-9-21-52)81(130)108-61(30-19-37-103-93(100)101)89(138)116(3)69(40-53-22-10-6-11-23-53)85(134)113-67(48-119)84(133)115-77/h5-15,20-27,31-34,51,59-71,77,119-120H,16-19,28-30,35-50,94H2,1-4H3,(H2,95,121)(H2,96,122)(H2,97,123)(H,104,127)(H,105,124)(H,106,128)(H,107,131)(H,108,130)(H,109,132)(H,110,137)(H,111,129)(H,112,136)(H,113,134)(H,114,135)(H,115,133)(H,125,126)(H4,98,99,102)(H4,100,101,103)/t59-,60-,61-,62-,63-,64-,65-,66-,67-,68-,69-,70-,71-,77-/m0/s1. The third-order valence-corrected chi connectivity index (χ3v) is 24.1. The number of rotatable bonds is 31. The Hall–Kier alpha value is -15.4. The Balaban J connectivity index is 1.37. The van der Waals surface area contributed by atoms with Gasteiger partial charge in [-0.15, -0.1) is 11.8 Å². The maximum absolute atomic E-state index is 15.5. The van der Waals surface area contributed by atoms with Crippen molar-refractivity contribution in [3.05, 3.63) is 173 Å². The van der Waals surface area contributed by atoms with Crippen LogP contribution in [0.4, 0.5) is 0 Å². The second kappa shape index (κ2) is 56.5. The molecule has 141 heavy (non-hydrogen) atoms. The molecular weight excluding hydrogens is 1850 g/mol. The van der Waals surface area contributed by atoms with Crippen LogP contribution in [0.2, 0.25) is 0 Å². The number of phenolic OH excluding ortho intramolecular Hbond substituents is 1. The Kier molecular flexibility index (Phi) is 45.1. The van der Waals surface area contributed by atoms with Gasteiger partial charge < -0.3 is 139 Å². The topological polar surface area (TPSA) is 767 Å². The van der Waals surface area contributed by atoms with Crippen molar-refractivity contribution >= 4 is 136 Å². The summed E-state index contributed by atoms with van der Waals surface area (Å²) in [6.07, 6.45) is -5.66. The number of aliphatic hydroxyl groups is 1. The largest absolute Gasteiger partial charge is 0.508 e. The molecule has 0 saturated carbocycles. The molecule has 18 amide bonds. The molecule has 5 aromatic carbocycles. The van der Waals surface area contributed by atoms with Gasteiger partial charge in [0.15, 0.2) is 11.9 Å². The van der Waals surface area contributed by atoms with E-state index in [2.05, 4.69) is 74.4 Å². The van der Waals surface area contributed by atoms with Crippen LogP contribution in [0.25, 0.3) is 0 Å². The van der Waals surface area contributed by atoms with Gasteiger partial charge in [-0.2, -0.15) is 0 Å². The lowest BCUT2D eigenvalue weighted by Gasteiger charge is -2.39. The number of unbranched alkanes of at least 4 members (excludes halogenated alkanes) is 1. The van der Waals surface area contributed by atoms with E-state index in [-0.39, 0.29) is 95.2 Å². The minimum absolute atomic E-state index is 0.00203. The van der Waals surface area contributed by atoms with Crippen LogP contribution in [0.15, 0.2) is 140 Å². The molecule has 2 heterocycles. The van der Waals surface area contributed by atoms with Crippen LogP contribution >= 0.6 is 11.8 Å². The molecule has 31 N–H and O–H groups in total. The van der Waals surface area contributed by atoms with Crippen molar-refractivity contribution in [2.24, 2.45) is 40.3 Å². The number of primary amides is 3. The Labute approximate surface area is 817 Å². The highest BCUT2D eigenvalue weighted by atomic mass is 32.2. The predicted octanol–water partition coefficient (Wildman–Crippen LogP) is -6.52. The summed E-state index contributed by atoms with van der Waals surface area (Å²) in [5.41, 5.74) is 36.6. The molecule has 1 fully saturated rings. The number of nitrogens with two attached hydrogens (primary N) is 6. The number of hydrogen-bond acceptors (Lipinski definition) is 25. The number of thioether (sulfide) groups is 1. The Morgan fingerprint density at radius 3 is 1.35 bits per heavy atom. The summed E-state index contributed by atoms with van der Waals surface area (Å²) in [5, 5.41) is 82.9. The number of fused-ring (bicyclic) bond motifs is 2. The van der Waals surface area contributed by atoms with Crippen LogP contribution in [0.3, 0.4) is 0 Å². The fourth-order valence-electron chi connectivity index (χ4n) is 15.5. The number of aliphatic carboxylic acids is 1. The molecule has 2 aliphatic rings. The van der Waals surface area contributed by atoms with Crippen LogP contribution in [-0.2, 0) is 130 Å². The van der Waals surface area contributed by atoms with Gasteiger partial charge in [0, 0.05) is 71.6 Å². The summed E-state index contributed by atoms with van der Waals surface area (Å²) in [7, 11) is 2.34. The van der Waals surface area contributed by atoms with E-state index in [1.807, 2.05) is 0 Å². The highest BCUT2D eigenvalue weighted by Gasteiger charge is 2.45. The van der Waals surface area contributed by atoms with E-state index in [0.29, 0.717) is 27.8 Å². The first-order valence-corrected chi connectivity index (χ1v) is 46.7. The predicted molar refractivity (Wildman–Crippen MR) is 514 cm³/mol. The number of carboxylic acids is 1. The first-order chi connectivity index (χ1) is 67.0. The minimum Gasteiger partial charge on any atom is -0.508 e. The van der Waals surface area contributed by atoms with Gasteiger partial charge in [0.2, 0.25) is 106 Å². The number of phenols is 1. The van der Waals surface area contributed by atoms with Crippen LogP contribution < -0.4 is 109 Å². The second-order valence-electron chi connectivity index (χ2n) is 34.3. The molecule has 0 spiro atoms. The molecule has 7 rings (SSSR count). The lowest BCUT2D eigenvalue weighted by Crippen LogP contribution is -2.63. The van der Waals surface area contributed by atoms with Crippen molar-refractivity contribution < 1.29 is 106 Å². The average molecular weight is 1980 g/mol. The lowest BCUT2D eigenvalue weighted by atomic mass is 9.92. The van der Waals surface area contributed by atoms with Crippen molar-refractivity contribution in [2.75, 3.05) is 58.4 Å². The van der Waals surface area contributed by atoms with Gasteiger partial charge >= 0.3 is 5.97 Å². The number of likely N-dealkylation sites (N-methyl/N-ethyl adjacent to an activating group) is 2. The van der Waals surface area contributed by atoms with Crippen LogP contribution in [0.5, 0.6) is 5.75 Å². The fraction of sp³-hybridized carbons (Fsp3) is 0.452. The van der Waals surface area contributed by atoms with Crippen LogP contribution in [0.1, 0.15) is 111 Å². The zero-order chi connectivity index (χ0) is 104. The number of benzene rings is 5. The third kappa shape index (κ3) is 36.8. The van der Waals surface area contributed by atoms with Crippen molar-refractivity contribution in [3.8, 4) is 5.75 Å². The smallest absolute Gasteiger partial charge is 0.305 e. The summed E-state index contributed by atoms with van der Waals surface area (Å²) in [6, 6.07) is 11.0. The summed E-state index contributed by atoms with van der Waals surface area (Å²) >= 11 is 0.721. The molecule has 48 heteroatoms. The molecule has 0 aromatic heterocycles. The zero-order valence-corrected chi connectivity index (χ0v) is 79.3. The molecule has 762 valence electrons. The maximum Gasteiger partial charge on any atom is 0.305 e. The maximum atomic E-state index is 15.5. The first-order valence-electron chi connectivity index (χ1n) is 45.6. The number of carbonyl (C=O) groups excluding carboxylic acids is 18. The zero-order valence-electron chi connectivity index (χ0n) is 78.5. The van der Waals surface area contributed by atoms with Gasteiger partial charge in [0.25, 0.3) is 0 Å². The number of guanidine groups is 2. The molecule has 1 saturated heterocycles. The van der Waals surface area contributed by atoms with Crippen molar-refractivity contribution in [3.63, 3.8) is 0 Å². The van der Waals surface area contributed by atoms with Gasteiger partial charge in [-0.05, 0) is 103 Å². The molecule has 14 atom stereocenters. The number of carboxylic acid groups (broad SMARTS) is 1. The number of nitrogens with one attached hydrogen (secondary N) is 16. The van der Waals surface area contributed by atoms with E-state index in [1.54, 1.807) is 115 Å². The molecule has 2 aliphatic heterocycles. The number of carbonyl (C=O) groups is 19. The van der Waals surface area contributed by atoms with E-state index in [4.69, 9.17) is 45.2 Å². The minimum atomic E-state index is -2.13. The molecular formula is C93H127N25O22S. The molecule has 0 aliphatic carbocycles. The Bertz CT molecular complexity index is 5250. The number of aromatic hydroxyl groups is 1. The quantitative estimate of drug-likeness (QED) is 0.0111. The van der Waals surface area contributed by atoms with E-state index >= 15 is 47.9 Å². The van der Waals surface area contributed by atoms with Gasteiger partial charge in [-0.3, -0.25) is 102 Å². The summed E-state index contributed by atoms with van der Waals surface area (Å²) in [6.45, 7) is 0.332. The Morgan fingerprint density at radius 2 is 0.844 bits per heavy atom. The van der Waals surface area contributed by atoms with Gasteiger partial charge in [-0.1, -0.05) is 141 Å². The van der Waals surface area contributed by atoms with Crippen molar-refractivity contribution in [1.29, 1.82) is 10.8 Å². The van der Waals surface area contributed by atoms with Gasteiger partial charge in [0.05, 0.1) is 38.2 Å². The number of aliphatic hydroxyl groups excluding tert-OH is 1. The van der Waals surface area contributed by atoms with Gasteiger partial charge in [-0.25, -0.2) is 0 Å². The highest BCUT2D eigenvalue weighted by Crippen LogP contribution is 2.27. The number of amides is 18.